The summed E-state index contributed by atoms with van der Waals surface area (Å²) in [5.41, 5.74) is 2.85. The fraction of sp³-hybridized carbons (Fsp3) is 0.647. The summed E-state index contributed by atoms with van der Waals surface area (Å²) in [5, 5.41) is 3.79. The van der Waals surface area contributed by atoms with Gasteiger partial charge in [-0.1, -0.05) is 38.1 Å². The second-order valence-electron chi connectivity index (χ2n) is 5.94. The molecular weight excluding hydrogens is 218 g/mol. The van der Waals surface area contributed by atoms with Crippen LogP contribution in [0.2, 0.25) is 0 Å². The van der Waals surface area contributed by atoms with Gasteiger partial charge in [-0.3, -0.25) is 0 Å². The minimum absolute atomic E-state index is 0.481. The van der Waals surface area contributed by atoms with Crippen molar-refractivity contribution in [1.29, 1.82) is 0 Å². The fourth-order valence-corrected chi connectivity index (χ4v) is 2.92. The van der Waals surface area contributed by atoms with Gasteiger partial charge in [0.1, 0.15) is 0 Å². The Balaban J connectivity index is 1.88. The van der Waals surface area contributed by atoms with Crippen LogP contribution >= 0.6 is 0 Å². The van der Waals surface area contributed by atoms with E-state index < -0.39 is 0 Å². The molecule has 1 unspecified atom stereocenters. The van der Waals surface area contributed by atoms with Crippen LogP contribution in [0.25, 0.3) is 0 Å². The molecule has 0 bridgehead atoms. The van der Waals surface area contributed by atoms with Gasteiger partial charge in [-0.05, 0) is 56.1 Å². The van der Waals surface area contributed by atoms with E-state index in [-0.39, 0.29) is 0 Å². The second-order valence-corrected chi connectivity index (χ2v) is 5.94. The number of nitrogens with one attached hydrogen (secondary N) is 1. The molecule has 0 spiro atoms. The zero-order valence-electron chi connectivity index (χ0n) is 12.1. The Bertz CT molecular complexity index is 346. The van der Waals surface area contributed by atoms with E-state index in [1.165, 1.54) is 36.8 Å². The number of hydrogen-bond acceptors (Lipinski definition) is 1. The molecule has 0 saturated heterocycles. The normalized spacial score (nSPS) is 25.9. The highest BCUT2D eigenvalue weighted by Gasteiger charge is 2.19. The second kappa shape index (κ2) is 6.38. The zero-order valence-corrected chi connectivity index (χ0v) is 12.1. The monoisotopic (exact) mass is 245 g/mol. The molecule has 1 aromatic carbocycles. The van der Waals surface area contributed by atoms with E-state index in [9.17, 15) is 0 Å². The quantitative estimate of drug-likeness (QED) is 0.824. The molecule has 1 aliphatic rings. The van der Waals surface area contributed by atoms with Gasteiger partial charge in [0.05, 0.1) is 0 Å². The zero-order chi connectivity index (χ0) is 13.0. The first kappa shape index (κ1) is 13.6. The summed E-state index contributed by atoms with van der Waals surface area (Å²) in [6.07, 6.45) is 6.60. The minimum Gasteiger partial charge on any atom is -0.307 e. The van der Waals surface area contributed by atoms with Crippen molar-refractivity contribution in [3.8, 4) is 0 Å². The number of aryl methyl sites for hydroxylation is 1. The van der Waals surface area contributed by atoms with E-state index in [1.54, 1.807) is 0 Å². The van der Waals surface area contributed by atoms with Crippen LogP contribution in [0.4, 0.5) is 0 Å². The summed E-state index contributed by atoms with van der Waals surface area (Å²) in [6.45, 7) is 6.88. The molecule has 1 aliphatic carbocycles. The lowest BCUT2D eigenvalue weighted by Gasteiger charge is -2.29. The maximum absolute atomic E-state index is 3.79. The SMILES string of the molecule is CCc1ccc(C(C)NC2CCC(C)CC2)cc1. The van der Waals surface area contributed by atoms with E-state index in [1.807, 2.05) is 0 Å². The van der Waals surface area contributed by atoms with Crippen molar-refractivity contribution in [2.45, 2.75) is 65.0 Å². The van der Waals surface area contributed by atoms with Gasteiger partial charge in [-0.2, -0.15) is 0 Å². The van der Waals surface area contributed by atoms with E-state index >= 15 is 0 Å². The first-order valence-electron chi connectivity index (χ1n) is 7.54. The number of hydrogen-bond donors (Lipinski definition) is 1. The lowest BCUT2D eigenvalue weighted by molar-refractivity contribution is 0.292. The predicted octanol–water partition coefficient (Wildman–Crippen LogP) is 4.48. The van der Waals surface area contributed by atoms with Crippen LogP contribution < -0.4 is 5.32 Å². The van der Waals surface area contributed by atoms with Gasteiger partial charge in [-0.15, -0.1) is 0 Å². The molecule has 1 fully saturated rings. The van der Waals surface area contributed by atoms with E-state index in [0.717, 1.165) is 18.4 Å². The van der Waals surface area contributed by atoms with Gasteiger partial charge in [0.15, 0.2) is 0 Å². The minimum atomic E-state index is 0.481. The lowest BCUT2D eigenvalue weighted by atomic mass is 9.87. The maximum atomic E-state index is 3.79. The van der Waals surface area contributed by atoms with E-state index in [2.05, 4.69) is 50.4 Å². The summed E-state index contributed by atoms with van der Waals surface area (Å²) in [4.78, 5) is 0. The standard InChI is InChI=1S/C17H27N/c1-4-15-7-9-16(10-8-15)14(3)18-17-11-5-13(2)6-12-17/h7-10,13-14,17-18H,4-6,11-12H2,1-3H3. The average Bonchev–Trinajstić information content (AvgIpc) is 2.41. The molecule has 2 rings (SSSR count). The van der Waals surface area contributed by atoms with Crippen molar-refractivity contribution in [1.82, 2.24) is 5.32 Å². The van der Waals surface area contributed by atoms with Crippen molar-refractivity contribution >= 4 is 0 Å². The van der Waals surface area contributed by atoms with Crippen molar-refractivity contribution < 1.29 is 0 Å². The molecule has 1 atom stereocenters. The Kier molecular flexibility index (Phi) is 4.82. The molecule has 1 saturated carbocycles. The van der Waals surface area contributed by atoms with Gasteiger partial charge in [-0.25, -0.2) is 0 Å². The van der Waals surface area contributed by atoms with Crippen LogP contribution in [0.1, 0.15) is 63.6 Å². The Morgan fingerprint density at radius 2 is 1.72 bits per heavy atom. The number of benzene rings is 1. The van der Waals surface area contributed by atoms with Crippen LogP contribution in [0, 0.1) is 5.92 Å². The Hall–Kier alpha value is -0.820. The van der Waals surface area contributed by atoms with E-state index in [0.29, 0.717) is 6.04 Å². The summed E-state index contributed by atoms with van der Waals surface area (Å²) < 4.78 is 0. The highest BCUT2D eigenvalue weighted by Crippen LogP contribution is 2.25. The third kappa shape index (κ3) is 3.58. The molecule has 0 amide bonds. The summed E-state index contributed by atoms with van der Waals surface area (Å²) >= 11 is 0. The van der Waals surface area contributed by atoms with Gasteiger partial charge in [0, 0.05) is 12.1 Å². The molecule has 1 heteroatoms. The van der Waals surface area contributed by atoms with Crippen molar-refractivity contribution in [2.75, 3.05) is 0 Å². The molecule has 1 aromatic rings. The van der Waals surface area contributed by atoms with Crippen molar-refractivity contribution in [3.05, 3.63) is 35.4 Å². The van der Waals surface area contributed by atoms with Crippen LogP contribution in [0.3, 0.4) is 0 Å². The third-order valence-corrected chi connectivity index (χ3v) is 4.39. The Morgan fingerprint density at radius 3 is 2.28 bits per heavy atom. The molecule has 0 radical (unpaired) electrons. The molecule has 0 aliphatic heterocycles. The smallest absolute Gasteiger partial charge is 0.0294 e. The molecule has 0 aromatic heterocycles. The largest absolute Gasteiger partial charge is 0.307 e. The van der Waals surface area contributed by atoms with E-state index in [4.69, 9.17) is 0 Å². The Morgan fingerprint density at radius 1 is 1.11 bits per heavy atom. The first-order chi connectivity index (χ1) is 8.69. The molecule has 1 N–H and O–H groups in total. The van der Waals surface area contributed by atoms with Crippen LogP contribution in [0.15, 0.2) is 24.3 Å². The van der Waals surface area contributed by atoms with Gasteiger partial charge >= 0.3 is 0 Å². The van der Waals surface area contributed by atoms with Crippen molar-refractivity contribution in [3.63, 3.8) is 0 Å². The molecule has 18 heavy (non-hydrogen) atoms. The van der Waals surface area contributed by atoms with Crippen LogP contribution in [-0.2, 0) is 6.42 Å². The first-order valence-corrected chi connectivity index (χ1v) is 7.54. The topological polar surface area (TPSA) is 12.0 Å². The Labute approximate surface area is 112 Å². The average molecular weight is 245 g/mol. The highest BCUT2D eigenvalue weighted by molar-refractivity contribution is 5.24. The highest BCUT2D eigenvalue weighted by atomic mass is 14.9. The van der Waals surface area contributed by atoms with Crippen LogP contribution in [-0.4, -0.2) is 6.04 Å². The summed E-state index contributed by atoms with van der Waals surface area (Å²) in [6, 6.07) is 10.3. The van der Waals surface area contributed by atoms with Gasteiger partial charge < -0.3 is 5.32 Å². The van der Waals surface area contributed by atoms with Crippen molar-refractivity contribution in [2.24, 2.45) is 5.92 Å². The van der Waals surface area contributed by atoms with Gasteiger partial charge in [0.25, 0.3) is 0 Å². The molecule has 100 valence electrons. The maximum Gasteiger partial charge on any atom is 0.0294 e. The van der Waals surface area contributed by atoms with Crippen LogP contribution in [0.5, 0.6) is 0 Å². The molecular formula is C17H27N. The molecule has 0 heterocycles. The number of rotatable bonds is 4. The molecule has 1 nitrogen and oxygen atoms in total. The summed E-state index contributed by atoms with van der Waals surface area (Å²) in [7, 11) is 0. The van der Waals surface area contributed by atoms with Gasteiger partial charge in [0.2, 0.25) is 0 Å². The summed E-state index contributed by atoms with van der Waals surface area (Å²) in [5.74, 6) is 0.933. The third-order valence-electron chi connectivity index (χ3n) is 4.39. The fourth-order valence-electron chi connectivity index (χ4n) is 2.92. The lowest BCUT2D eigenvalue weighted by Crippen LogP contribution is -2.34. The predicted molar refractivity (Wildman–Crippen MR) is 78.8 cm³/mol.